The second-order valence-corrected chi connectivity index (χ2v) is 5.94. The number of hydrogen-bond acceptors (Lipinski definition) is 4. The summed E-state index contributed by atoms with van der Waals surface area (Å²) in [5.41, 5.74) is 3.33. The summed E-state index contributed by atoms with van der Waals surface area (Å²) >= 11 is 0. The van der Waals surface area contributed by atoms with Gasteiger partial charge in [0.25, 0.3) is 11.8 Å². The molecule has 2 N–H and O–H groups in total. The highest BCUT2D eigenvalue weighted by Crippen LogP contribution is 2.27. The number of carbonyl (C=O) groups is 3. The maximum absolute atomic E-state index is 12.6. The predicted octanol–water partition coefficient (Wildman–Crippen LogP) is 2.18. The first-order valence-electron chi connectivity index (χ1n) is 8.05. The first-order valence-corrected chi connectivity index (χ1v) is 8.05. The molecule has 0 aromatic heterocycles. The lowest BCUT2D eigenvalue weighted by Gasteiger charge is -2.25. The summed E-state index contributed by atoms with van der Waals surface area (Å²) in [7, 11) is 0. The van der Waals surface area contributed by atoms with Gasteiger partial charge < -0.3 is 0 Å². The van der Waals surface area contributed by atoms with Crippen molar-refractivity contribution in [2.75, 3.05) is 0 Å². The standard InChI is InChI=1S/C19H18N2O4/c22-17(20-25)12-14(11-10-13-6-2-1-3-7-13)21-18(23)15-8-4-5-9-16(15)19(21)24/h1-9,14,25H,10-12H2,(H,20,22)/t14-/m0/s1. The fourth-order valence-electron chi connectivity index (χ4n) is 3.10. The van der Waals surface area contributed by atoms with Crippen LogP contribution < -0.4 is 5.48 Å². The van der Waals surface area contributed by atoms with Crippen LogP contribution in [0, 0.1) is 0 Å². The van der Waals surface area contributed by atoms with Crippen molar-refractivity contribution in [1.82, 2.24) is 10.4 Å². The molecule has 3 amide bonds. The van der Waals surface area contributed by atoms with Gasteiger partial charge in [0.15, 0.2) is 0 Å². The Balaban J connectivity index is 1.83. The number of imide groups is 1. The van der Waals surface area contributed by atoms with E-state index >= 15 is 0 Å². The minimum atomic E-state index is -0.630. The lowest BCUT2D eigenvalue weighted by molar-refractivity contribution is -0.130. The molecule has 6 nitrogen and oxygen atoms in total. The summed E-state index contributed by atoms with van der Waals surface area (Å²) in [6, 6.07) is 15.6. The van der Waals surface area contributed by atoms with Crippen LogP contribution in [0.15, 0.2) is 54.6 Å². The van der Waals surface area contributed by atoms with Crippen molar-refractivity contribution in [1.29, 1.82) is 0 Å². The van der Waals surface area contributed by atoms with E-state index in [1.807, 2.05) is 30.3 Å². The third kappa shape index (κ3) is 3.44. The number of hydroxylamine groups is 1. The van der Waals surface area contributed by atoms with Crippen molar-refractivity contribution in [2.45, 2.75) is 25.3 Å². The van der Waals surface area contributed by atoms with Crippen molar-refractivity contribution in [2.24, 2.45) is 0 Å². The van der Waals surface area contributed by atoms with Crippen molar-refractivity contribution >= 4 is 17.7 Å². The number of nitrogens with one attached hydrogen (secondary N) is 1. The largest absolute Gasteiger partial charge is 0.289 e. The van der Waals surface area contributed by atoms with E-state index in [4.69, 9.17) is 5.21 Å². The first kappa shape index (κ1) is 16.9. The number of fused-ring (bicyclic) bond motifs is 1. The highest BCUT2D eigenvalue weighted by atomic mass is 16.5. The zero-order valence-electron chi connectivity index (χ0n) is 13.5. The van der Waals surface area contributed by atoms with Crippen molar-refractivity contribution in [3.8, 4) is 0 Å². The van der Waals surface area contributed by atoms with Crippen LogP contribution in [-0.4, -0.2) is 33.9 Å². The Hall–Kier alpha value is -2.99. The molecule has 0 spiro atoms. The minimum Gasteiger partial charge on any atom is -0.289 e. The normalized spacial score (nSPS) is 14.4. The molecule has 25 heavy (non-hydrogen) atoms. The smallest absolute Gasteiger partial charge is 0.261 e. The summed E-state index contributed by atoms with van der Waals surface area (Å²) in [4.78, 5) is 38.1. The molecular formula is C19H18N2O4. The molecule has 0 saturated carbocycles. The SMILES string of the molecule is O=C(C[C@H](CCc1ccccc1)N1C(=O)c2ccccc2C1=O)NO. The van der Waals surface area contributed by atoms with Crippen LogP contribution in [0.4, 0.5) is 0 Å². The number of aryl methyl sites for hydroxylation is 1. The number of nitrogens with zero attached hydrogens (tertiary/aromatic N) is 1. The van der Waals surface area contributed by atoms with Gasteiger partial charge in [0, 0.05) is 12.5 Å². The van der Waals surface area contributed by atoms with Gasteiger partial charge in [0.2, 0.25) is 5.91 Å². The summed E-state index contributed by atoms with van der Waals surface area (Å²) in [6.45, 7) is 0. The van der Waals surface area contributed by atoms with Crippen LogP contribution in [0.3, 0.4) is 0 Å². The summed E-state index contributed by atoms with van der Waals surface area (Å²) in [5, 5.41) is 8.83. The highest BCUT2D eigenvalue weighted by Gasteiger charge is 2.40. The fourth-order valence-corrected chi connectivity index (χ4v) is 3.10. The van der Waals surface area contributed by atoms with Gasteiger partial charge in [-0.3, -0.25) is 24.5 Å². The monoisotopic (exact) mass is 338 g/mol. The van der Waals surface area contributed by atoms with E-state index in [9.17, 15) is 14.4 Å². The molecule has 1 aliphatic heterocycles. The molecule has 0 saturated heterocycles. The Bertz CT molecular complexity index is 769. The lowest BCUT2D eigenvalue weighted by Crippen LogP contribution is -2.43. The maximum atomic E-state index is 12.6. The van der Waals surface area contributed by atoms with Gasteiger partial charge in [-0.15, -0.1) is 0 Å². The molecule has 2 aromatic carbocycles. The van der Waals surface area contributed by atoms with Gasteiger partial charge in [0.05, 0.1) is 11.1 Å². The van der Waals surface area contributed by atoms with Gasteiger partial charge in [-0.2, -0.15) is 0 Å². The lowest BCUT2D eigenvalue weighted by atomic mass is 10.0. The van der Waals surface area contributed by atoms with Gasteiger partial charge in [-0.25, -0.2) is 5.48 Å². The second kappa shape index (κ2) is 7.27. The molecule has 1 heterocycles. The Morgan fingerprint density at radius 3 is 2.08 bits per heavy atom. The third-order valence-corrected chi connectivity index (χ3v) is 4.35. The number of rotatable bonds is 6. The van der Waals surface area contributed by atoms with E-state index in [-0.39, 0.29) is 6.42 Å². The molecule has 1 aliphatic rings. The maximum Gasteiger partial charge on any atom is 0.261 e. The van der Waals surface area contributed by atoms with Crippen LogP contribution >= 0.6 is 0 Å². The minimum absolute atomic E-state index is 0.144. The number of carbonyl (C=O) groups excluding carboxylic acids is 3. The molecular weight excluding hydrogens is 320 g/mol. The number of benzene rings is 2. The molecule has 2 aromatic rings. The van der Waals surface area contributed by atoms with Crippen molar-refractivity contribution < 1.29 is 19.6 Å². The van der Waals surface area contributed by atoms with Crippen LogP contribution in [0.25, 0.3) is 0 Å². The average Bonchev–Trinajstić information content (AvgIpc) is 2.90. The third-order valence-electron chi connectivity index (χ3n) is 4.35. The molecule has 6 heteroatoms. The summed E-state index contributed by atoms with van der Waals surface area (Å²) < 4.78 is 0. The van der Waals surface area contributed by atoms with E-state index in [1.54, 1.807) is 29.7 Å². The zero-order valence-corrected chi connectivity index (χ0v) is 13.5. The Kier molecular flexibility index (Phi) is 4.90. The van der Waals surface area contributed by atoms with E-state index in [2.05, 4.69) is 0 Å². The fraction of sp³-hybridized carbons (Fsp3) is 0.211. The molecule has 128 valence electrons. The first-order chi connectivity index (χ1) is 12.1. The quantitative estimate of drug-likeness (QED) is 0.480. The van der Waals surface area contributed by atoms with E-state index in [0.717, 1.165) is 10.5 Å². The van der Waals surface area contributed by atoms with Crippen LogP contribution in [0.2, 0.25) is 0 Å². The molecule has 0 unspecified atom stereocenters. The topological polar surface area (TPSA) is 86.7 Å². The average molecular weight is 338 g/mol. The van der Waals surface area contributed by atoms with Gasteiger partial charge in [-0.05, 0) is 30.5 Å². The number of hydrogen-bond donors (Lipinski definition) is 2. The Labute approximate surface area is 145 Å². The van der Waals surface area contributed by atoms with Gasteiger partial charge >= 0.3 is 0 Å². The van der Waals surface area contributed by atoms with Crippen LogP contribution in [0.5, 0.6) is 0 Å². The van der Waals surface area contributed by atoms with E-state index in [0.29, 0.717) is 24.0 Å². The second-order valence-electron chi connectivity index (χ2n) is 5.94. The molecule has 0 bridgehead atoms. The molecule has 0 fully saturated rings. The van der Waals surface area contributed by atoms with Crippen LogP contribution in [-0.2, 0) is 11.2 Å². The van der Waals surface area contributed by atoms with Crippen molar-refractivity contribution in [3.63, 3.8) is 0 Å². The molecule has 3 rings (SSSR count). The van der Waals surface area contributed by atoms with Gasteiger partial charge in [-0.1, -0.05) is 42.5 Å². The molecule has 0 aliphatic carbocycles. The predicted molar refractivity (Wildman–Crippen MR) is 90.0 cm³/mol. The Morgan fingerprint density at radius 1 is 0.960 bits per heavy atom. The summed E-state index contributed by atoms with van der Waals surface area (Å²) in [5.74, 6) is -1.43. The highest BCUT2D eigenvalue weighted by molar-refractivity contribution is 6.21. The van der Waals surface area contributed by atoms with Crippen LogP contribution in [0.1, 0.15) is 39.1 Å². The van der Waals surface area contributed by atoms with E-state index < -0.39 is 23.8 Å². The number of amides is 3. The zero-order chi connectivity index (χ0) is 17.8. The Morgan fingerprint density at radius 2 is 1.52 bits per heavy atom. The molecule has 1 atom stereocenters. The van der Waals surface area contributed by atoms with Crippen molar-refractivity contribution in [3.05, 3.63) is 71.3 Å². The summed E-state index contributed by atoms with van der Waals surface area (Å²) in [6.07, 6.45) is 0.898. The van der Waals surface area contributed by atoms with E-state index in [1.165, 1.54) is 0 Å². The molecule has 0 radical (unpaired) electrons. The van der Waals surface area contributed by atoms with Gasteiger partial charge in [0.1, 0.15) is 0 Å².